The van der Waals surface area contributed by atoms with Crippen molar-refractivity contribution >= 4 is 17.8 Å². The summed E-state index contributed by atoms with van der Waals surface area (Å²) in [5.41, 5.74) is -0.746. The fraction of sp³-hybridized carbons (Fsp3) is 0.833. The summed E-state index contributed by atoms with van der Waals surface area (Å²) >= 11 is 0. The van der Waals surface area contributed by atoms with Crippen molar-refractivity contribution in [1.29, 1.82) is 0 Å². The number of likely N-dealkylation sites (tertiary alicyclic amines) is 1. The van der Waals surface area contributed by atoms with Gasteiger partial charge >= 0.3 is 6.03 Å². The fourth-order valence-electron chi connectivity index (χ4n) is 4.86. The molecule has 4 rings (SSSR count). The Balaban J connectivity index is 1.34. The Morgan fingerprint density at radius 3 is 2.54 bits per heavy atom. The molecule has 3 aliphatic heterocycles. The minimum Gasteiger partial charge on any atom is -0.340 e. The molecular weight excluding hydrogens is 334 g/mol. The number of nitrogens with zero attached hydrogens (tertiary/aromatic N) is 3. The maximum absolute atomic E-state index is 12.8. The summed E-state index contributed by atoms with van der Waals surface area (Å²) < 4.78 is 0. The Labute approximate surface area is 154 Å². The van der Waals surface area contributed by atoms with Gasteiger partial charge in [0.15, 0.2) is 0 Å². The number of urea groups is 1. The molecule has 1 unspecified atom stereocenters. The summed E-state index contributed by atoms with van der Waals surface area (Å²) in [5, 5.41) is 6.22. The average molecular weight is 363 g/mol. The van der Waals surface area contributed by atoms with Crippen molar-refractivity contribution < 1.29 is 14.4 Å². The molecule has 1 spiro atoms. The Morgan fingerprint density at radius 1 is 1.08 bits per heavy atom. The molecule has 1 aliphatic carbocycles. The van der Waals surface area contributed by atoms with Crippen LogP contribution in [0.3, 0.4) is 0 Å². The van der Waals surface area contributed by atoms with E-state index < -0.39 is 11.6 Å². The van der Waals surface area contributed by atoms with Gasteiger partial charge in [0.2, 0.25) is 5.91 Å². The second-order valence-electron chi connectivity index (χ2n) is 8.03. The molecule has 144 valence electrons. The molecule has 0 aromatic carbocycles. The zero-order valence-corrected chi connectivity index (χ0v) is 15.3. The second kappa shape index (κ2) is 7.15. The summed E-state index contributed by atoms with van der Waals surface area (Å²) in [6.07, 6.45) is 5.35. The van der Waals surface area contributed by atoms with Crippen molar-refractivity contribution in [2.24, 2.45) is 0 Å². The number of carbonyl (C=O) groups is 3. The summed E-state index contributed by atoms with van der Waals surface area (Å²) in [6.45, 7) is 5.31. The van der Waals surface area contributed by atoms with Crippen LogP contribution in [0.1, 0.15) is 38.5 Å². The highest BCUT2D eigenvalue weighted by Gasteiger charge is 2.52. The molecule has 0 radical (unpaired) electrons. The lowest BCUT2D eigenvalue weighted by atomic mass is 9.82. The lowest BCUT2D eigenvalue weighted by Crippen LogP contribution is -2.50. The highest BCUT2D eigenvalue weighted by molar-refractivity contribution is 6.09. The van der Waals surface area contributed by atoms with Gasteiger partial charge in [0.05, 0.1) is 0 Å². The molecule has 2 N–H and O–H groups in total. The Morgan fingerprint density at radius 2 is 1.81 bits per heavy atom. The number of hydrogen-bond donors (Lipinski definition) is 2. The van der Waals surface area contributed by atoms with Gasteiger partial charge in [-0.15, -0.1) is 0 Å². The van der Waals surface area contributed by atoms with Gasteiger partial charge in [-0.25, -0.2) is 4.79 Å². The van der Waals surface area contributed by atoms with Crippen LogP contribution in [0.25, 0.3) is 0 Å². The van der Waals surface area contributed by atoms with Gasteiger partial charge in [0, 0.05) is 45.3 Å². The predicted molar refractivity (Wildman–Crippen MR) is 95.5 cm³/mol. The van der Waals surface area contributed by atoms with E-state index in [9.17, 15) is 14.4 Å². The summed E-state index contributed by atoms with van der Waals surface area (Å²) in [6, 6.07) is -0.00283. The van der Waals surface area contributed by atoms with Crippen molar-refractivity contribution in [1.82, 2.24) is 25.3 Å². The highest BCUT2D eigenvalue weighted by atomic mass is 16.2. The van der Waals surface area contributed by atoms with Crippen molar-refractivity contribution in [3.05, 3.63) is 0 Å². The zero-order chi connectivity index (χ0) is 18.1. The standard InChI is InChI=1S/C18H29N5O3/c24-15(22-9-4-14(12-22)21-10-7-19-8-11-21)13-23-16(25)18(20-17(23)26)5-2-1-3-6-18/h14,19H,1-13H2,(H,20,26). The van der Waals surface area contributed by atoms with Crippen LogP contribution in [0.5, 0.6) is 0 Å². The first-order valence-electron chi connectivity index (χ1n) is 9.96. The topological polar surface area (TPSA) is 85.0 Å². The first-order chi connectivity index (χ1) is 12.6. The highest BCUT2D eigenvalue weighted by Crippen LogP contribution is 2.33. The van der Waals surface area contributed by atoms with Gasteiger partial charge in [0.25, 0.3) is 5.91 Å². The third-order valence-corrected chi connectivity index (χ3v) is 6.43. The Bertz CT molecular complexity index is 583. The lowest BCUT2D eigenvalue weighted by Gasteiger charge is -2.32. The van der Waals surface area contributed by atoms with Gasteiger partial charge in [-0.1, -0.05) is 19.3 Å². The van der Waals surface area contributed by atoms with Gasteiger partial charge in [0.1, 0.15) is 12.1 Å². The van der Waals surface area contributed by atoms with Crippen molar-refractivity contribution in [2.75, 3.05) is 45.8 Å². The fourth-order valence-corrected chi connectivity index (χ4v) is 4.86. The summed E-state index contributed by atoms with van der Waals surface area (Å²) in [4.78, 5) is 43.3. The largest absolute Gasteiger partial charge is 0.340 e. The van der Waals surface area contributed by atoms with Crippen LogP contribution in [0.2, 0.25) is 0 Å². The van der Waals surface area contributed by atoms with Gasteiger partial charge in [-0.3, -0.25) is 19.4 Å². The molecule has 4 fully saturated rings. The lowest BCUT2D eigenvalue weighted by molar-refractivity contribution is -0.139. The molecule has 8 nitrogen and oxygen atoms in total. The number of amides is 4. The van der Waals surface area contributed by atoms with Crippen LogP contribution < -0.4 is 10.6 Å². The quantitative estimate of drug-likeness (QED) is 0.676. The number of rotatable bonds is 3. The third-order valence-electron chi connectivity index (χ3n) is 6.43. The Kier molecular flexibility index (Phi) is 4.88. The summed E-state index contributed by atoms with van der Waals surface area (Å²) in [7, 11) is 0. The minimum atomic E-state index is -0.746. The number of hydrogen-bond acceptors (Lipinski definition) is 5. The molecular formula is C18H29N5O3. The molecule has 1 atom stereocenters. The van der Waals surface area contributed by atoms with Crippen LogP contribution >= 0.6 is 0 Å². The number of piperazine rings is 1. The monoisotopic (exact) mass is 363 g/mol. The van der Waals surface area contributed by atoms with Crippen molar-refractivity contribution in [3.63, 3.8) is 0 Å². The van der Waals surface area contributed by atoms with E-state index in [0.29, 0.717) is 32.0 Å². The van der Waals surface area contributed by atoms with E-state index in [1.54, 1.807) is 0 Å². The average Bonchev–Trinajstić information content (AvgIpc) is 3.24. The Hall–Kier alpha value is -1.67. The van der Waals surface area contributed by atoms with Crippen LogP contribution in [0.15, 0.2) is 0 Å². The van der Waals surface area contributed by atoms with E-state index >= 15 is 0 Å². The van der Waals surface area contributed by atoms with E-state index in [4.69, 9.17) is 0 Å². The zero-order valence-electron chi connectivity index (χ0n) is 15.3. The van der Waals surface area contributed by atoms with E-state index in [0.717, 1.165) is 56.8 Å². The molecule has 0 bridgehead atoms. The van der Waals surface area contributed by atoms with E-state index in [1.807, 2.05) is 4.90 Å². The first-order valence-corrected chi connectivity index (χ1v) is 9.96. The molecule has 26 heavy (non-hydrogen) atoms. The molecule has 0 aromatic heterocycles. The maximum atomic E-state index is 12.8. The summed E-state index contributed by atoms with van der Waals surface area (Å²) in [5.74, 6) is -0.313. The molecule has 3 heterocycles. The molecule has 1 saturated carbocycles. The van der Waals surface area contributed by atoms with Crippen molar-refractivity contribution in [3.8, 4) is 0 Å². The van der Waals surface area contributed by atoms with Gasteiger partial charge in [-0.05, 0) is 19.3 Å². The van der Waals surface area contributed by atoms with Crippen LogP contribution in [0.4, 0.5) is 4.79 Å². The van der Waals surface area contributed by atoms with Gasteiger partial charge < -0.3 is 15.5 Å². The van der Waals surface area contributed by atoms with E-state index in [-0.39, 0.29) is 18.4 Å². The number of imide groups is 1. The minimum absolute atomic E-state index is 0.112. The van der Waals surface area contributed by atoms with Crippen LogP contribution in [-0.2, 0) is 9.59 Å². The SMILES string of the molecule is O=C(CN1C(=O)NC2(CCCCC2)C1=O)N1CCC(N2CCNCC2)C1. The third kappa shape index (κ3) is 3.20. The molecule has 0 aromatic rings. The van der Waals surface area contributed by atoms with Crippen molar-refractivity contribution in [2.45, 2.75) is 50.1 Å². The smallest absolute Gasteiger partial charge is 0.325 e. The molecule has 8 heteroatoms. The van der Waals surface area contributed by atoms with E-state index in [1.165, 1.54) is 0 Å². The first kappa shape index (κ1) is 17.7. The number of carbonyl (C=O) groups excluding carboxylic acids is 3. The molecule has 4 amide bonds. The number of nitrogens with one attached hydrogen (secondary N) is 2. The van der Waals surface area contributed by atoms with E-state index in [2.05, 4.69) is 15.5 Å². The maximum Gasteiger partial charge on any atom is 0.325 e. The molecule has 4 aliphatic rings. The van der Waals surface area contributed by atoms with Gasteiger partial charge in [-0.2, -0.15) is 0 Å². The van der Waals surface area contributed by atoms with Crippen LogP contribution in [0, 0.1) is 0 Å². The second-order valence-corrected chi connectivity index (χ2v) is 8.03. The predicted octanol–water partition coefficient (Wildman–Crippen LogP) is -0.253. The molecule has 3 saturated heterocycles. The normalized spacial score (nSPS) is 29.5. The van der Waals surface area contributed by atoms with Crippen LogP contribution in [-0.4, -0.2) is 89.9 Å².